The van der Waals surface area contributed by atoms with Crippen molar-refractivity contribution in [1.82, 2.24) is 5.32 Å². The fourth-order valence-corrected chi connectivity index (χ4v) is 3.26. The fourth-order valence-electron chi connectivity index (χ4n) is 3.26. The Labute approximate surface area is 159 Å². The Morgan fingerprint density at radius 2 is 1.70 bits per heavy atom. The van der Waals surface area contributed by atoms with Crippen molar-refractivity contribution < 1.29 is 14.3 Å². The molecule has 3 amide bonds. The van der Waals surface area contributed by atoms with Crippen LogP contribution in [0.4, 0.5) is 21.0 Å². The number of hydrogen-bond donors (Lipinski definition) is 3. The third-order valence-corrected chi connectivity index (χ3v) is 4.65. The van der Waals surface area contributed by atoms with E-state index in [1.807, 2.05) is 61.5 Å². The van der Waals surface area contributed by atoms with Gasteiger partial charge in [-0.15, -0.1) is 0 Å². The number of amides is 3. The molecular weight excluding hydrogens is 342 g/mol. The fraction of sp³-hybridized carbons (Fsp3) is 0.333. The maximum atomic E-state index is 12.3. The van der Waals surface area contributed by atoms with E-state index in [9.17, 15) is 9.59 Å². The van der Waals surface area contributed by atoms with Crippen LogP contribution in [-0.4, -0.2) is 24.3 Å². The van der Waals surface area contributed by atoms with E-state index in [1.54, 1.807) is 0 Å². The summed E-state index contributed by atoms with van der Waals surface area (Å²) in [6.07, 6.45) is 2.53. The van der Waals surface area contributed by atoms with Crippen molar-refractivity contribution in [2.75, 3.05) is 10.6 Å². The lowest BCUT2D eigenvalue weighted by atomic mass is 9.93. The largest absolute Gasteiger partial charge is 0.446 e. The number of hydrogen-bond acceptors (Lipinski definition) is 3. The molecule has 1 aliphatic carbocycles. The summed E-state index contributed by atoms with van der Waals surface area (Å²) in [5, 5.41) is 8.58. The lowest BCUT2D eigenvalue weighted by Crippen LogP contribution is -2.43. The van der Waals surface area contributed by atoms with Crippen molar-refractivity contribution in [2.45, 2.75) is 44.8 Å². The molecule has 0 unspecified atom stereocenters. The van der Waals surface area contributed by atoms with E-state index in [2.05, 4.69) is 16.0 Å². The summed E-state index contributed by atoms with van der Waals surface area (Å²) >= 11 is 0. The minimum absolute atomic E-state index is 0.0164. The molecule has 1 fully saturated rings. The predicted molar refractivity (Wildman–Crippen MR) is 106 cm³/mol. The molecule has 1 saturated carbocycles. The summed E-state index contributed by atoms with van der Waals surface area (Å²) in [5.41, 5.74) is 2.50. The monoisotopic (exact) mass is 367 g/mol. The SMILES string of the molecule is Cc1ccccc1NC(=O)N[C@H]1CCC[C@H](OC(=O)Nc2ccccc2)C1. The van der Waals surface area contributed by atoms with E-state index in [-0.39, 0.29) is 18.2 Å². The summed E-state index contributed by atoms with van der Waals surface area (Å²) < 4.78 is 5.52. The number of benzene rings is 2. The second-order valence-electron chi connectivity index (χ2n) is 6.80. The summed E-state index contributed by atoms with van der Waals surface area (Å²) in [7, 11) is 0. The zero-order valence-corrected chi connectivity index (χ0v) is 15.4. The third-order valence-electron chi connectivity index (χ3n) is 4.65. The van der Waals surface area contributed by atoms with Gasteiger partial charge in [-0.05, 0) is 49.9 Å². The smallest absolute Gasteiger partial charge is 0.411 e. The normalized spacial score (nSPS) is 19.0. The molecule has 0 aromatic heterocycles. The molecule has 2 aromatic rings. The van der Waals surface area contributed by atoms with Crippen LogP contribution in [0.1, 0.15) is 31.2 Å². The Bertz CT molecular complexity index is 779. The topological polar surface area (TPSA) is 79.5 Å². The molecule has 0 spiro atoms. The lowest BCUT2D eigenvalue weighted by molar-refractivity contribution is 0.0779. The first kappa shape index (κ1) is 18.8. The number of nitrogens with one attached hydrogen (secondary N) is 3. The molecule has 0 saturated heterocycles. The molecule has 2 atom stereocenters. The van der Waals surface area contributed by atoms with Gasteiger partial charge in [-0.1, -0.05) is 36.4 Å². The number of carbonyl (C=O) groups is 2. The number of ether oxygens (including phenoxy) is 1. The average Bonchev–Trinajstić information content (AvgIpc) is 2.64. The molecule has 0 aliphatic heterocycles. The number of urea groups is 1. The molecule has 2 aromatic carbocycles. The van der Waals surface area contributed by atoms with E-state index in [4.69, 9.17) is 4.74 Å². The minimum Gasteiger partial charge on any atom is -0.446 e. The van der Waals surface area contributed by atoms with Crippen LogP contribution in [0.2, 0.25) is 0 Å². The van der Waals surface area contributed by atoms with Crippen molar-refractivity contribution in [1.29, 1.82) is 0 Å². The molecular formula is C21H25N3O3. The van der Waals surface area contributed by atoms with Crippen LogP contribution in [0, 0.1) is 6.92 Å². The molecule has 6 heteroatoms. The summed E-state index contributed by atoms with van der Waals surface area (Å²) in [6, 6.07) is 16.6. The predicted octanol–water partition coefficient (Wildman–Crippen LogP) is 4.68. The van der Waals surface area contributed by atoms with Gasteiger partial charge in [-0.2, -0.15) is 0 Å². The highest BCUT2D eigenvalue weighted by molar-refractivity contribution is 5.90. The van der Waals surface area contributed by atoms with Gasteiger partial charge < -0.3 is 15.4 Å². The van der Waals surface area contributed by atoms with E-state index in [1.165, 1.54) is 0 Å². The van der Waals surface area contributed by atoms with Gasteiger partial charge in [-0.3, -0.25) is 5.32 Å². The highest BCUT2D eigenvalue weighted by Crippen LogP contribution is 2.22. The first-order valence-electron chi connectivity index (χ1n) is 9.26. The van der Waals surface area contributed by atoms with Gasteiger partial charge in [-0.25, -0.2) is 9.59 Å². The number of carbonyl (C=O) groups excluding carboxylic acids is 2. The zero-order chi connectivity index (χ0) is 19.1. The van der Waals surface area contributed by atoms with Crippen molar-refractivity contribution >= 4 is 23.5 Å². The van der Waals surface area contributed by atoms with Crippen molar-refractivity contribution in [3.05, 3.63) is 60.2 Å². The Balaban J connectivity index is 1.46. The van der Waals surface area contributed by atoms with Gasteiger partial charge in [0.2, 0.25) is 0 Å². The maximum Gasteiger partial charge on any atom is 0.411 e. The summed E-state index contributed by atoms with van der Waals surface area (Å²) in [4.78, 5) is 24.3. The van der Waals surface area contributed by atoms with Crippen molar-refractivity contribution in [2.24, 2.45) is 0 Å². The van der Waals surface area contributed by atoms with Gasteiger partial charge in [0.05, 0.1) is 0 Å². The standard InChI is InChI=1S/C21H25N3O3/c1-15-8-5-6-13-19(15)24-20(25)22-17-11-7-12-18(14-17)27-21(26)23-16-9-3-2-4-10-16/h2-6,8-10,13,17-18H,7,11-12,14H2,1H3,(H,23,26)(H2,22,24,25)/t17-,18-/m0/s1. The Hall–Kier alpha value is -3.02. The van der Waals surface area contributed by atoms with Crippen molar-refractivity contribution in [3.8, 4) is 0 Å². The van der Waals surface area contributed by atoms with Crippen LogP contribution in [-0.2, 0) is 4.74 Å². The minimum atomic E-state index is -0.462. The van der Waals surface area contributed by atoms with Gasteiger partial charge >= 0.3 is 12.1 Å². The average molecular weight is 367 g/mol. The van der Waals surface area contributed by atoms with Crippen LogP contribution in [0.15, 0.2) is 54.6 Å². The number of anilines is 2. The quantitative estimate of drug-likeness (QED) is 0.734. The van der Waals surface area contributed by atoms with Crippen molar-refractivity contribution in [3.63, 3.8) is 0 Å². The molecule has 0 heterocycles. The molecule has 3 N–H and O–H groups in total. The highest BCUT2D eigenvalue weighted by atomic mass is 16.6. The summed E-state index contributed by atoms with van der Waals surface area (Å²) in [6.45, 7) is 1.95. The number of rotatable bonds is 4. The second-order valence-corrected chi connectivity index (χ2v) is 6.80. The number of aryl methyl sites for hydroxylation is 1. The molecule has 0 radical (unpaired) electrons. The van der Waals surface area contributed by atoms with Gasteiger partial charge in [0, 0.05) is 23.8 Å². The molecule has 27 heavy (non-hydrogen) atoms. The van der Waals surface area contributed by atoms with E-state index in [0.717, 1.165) is 30.5 Å². The van der Waals surface area contributed by atoms with Crippen LogP contribution in [0.3, 0.4) is 0 Å². The first-order valence-corrected chi connectivity index (χ1v) is 9.26. The lowest BCUT2D eigenvalue weighted by Gasteiger charge is -2.29. The molecule has 6 nitrogen and oxygen atoms in total. The van der Waals surface area contributed by atoms with Crippen LogP contribution in [0.25, 0.3) is 0 Å². The molecule has 0 bridgehead atoms. The highest BCUT2D eigenvalue weighted by Gasteiger charge is 2.26. The molecule has 3 rings (SSSR count). The Morgan fingerprint density at radius 3 is 2.48 bits per heavy atom. The van der Waals surface area contributed by atoms with E-state index < -0.39 is 6.09 Å². The first-order chi connectivity index (χ1) is 13.1. The second kappa shape index (κ2) is 9.07. The summed E-state index contributed by atoms with van der Waals surface area (Å²) in [5.74, 6) is 0. The molecule has 142 valence electrons. The van der Waals surface area contributed by atoms with E-state index >= 15 is 0 Å². The van der Waals surface area contributed by atoms with Gasteiger partial charge in [0.1, 0.15) is 6.10 Å². The Morgan fingerprint density at radius 1 is 0.963 bits per heavy atom. The van der Waals surface area contributed by atoms with E-state index in [0.29, 0.717) is 12.1 Å². The zero-order valence-electron chi connectivity index (χ0n) is 15.4. The third kappa shape index (κ3) is 5.74. The van der Waals surface area contributed by atoms with Gasteiger partial charge in [0.25, 0.3) is 0 Å². The number of para-hydroxylation sites is 2. The van der Waals surface area contributed by atoms with Crippen LogP contribution < -0.4 is 16.0 Å². The Kier molecular flexibility index (Phi) is 6.30. The molecule has 1 aliphatic rings. The van der Waals surface area contributed by atoms with Crippen LogP contribution >= 0.6 is 0 Å². The maximum absolute atomic E-state index is 12.3. The van der Waals surface area contributed by atoms with Gasteiger partial charge in [0.15, 0.2) is 0 Å². The van der Waals surface area contributed by atoms with Crippen LogP contribution in [0.5, 0.6) is 0 Å².